The highest BCUT2D eigenvalue weighted by Gasteiger charge is 2.16. The summed E-state index contributed by atoms with van der Waals surface area (Å²) in [6.07, 6.45) is 2.44. The number of pyridine rings is 1. The summed E-state index contributed by atoms with van der Waals surface area (Å²) in [6.45, 7) is 2.84. The first-order valence-corrected chi connectivity index (χ1v) is 9.01. The minimum absolute atomic E-state index is 0.332. The van der Waals surface area contributed by atoms with Crippen LogP contribution in [0.1, 0.15) is 22.8 Å². The average molecular weight is 399 g/mol. The summed E-state index contributed by atoms with van der Waals surface area (Å²) in [7, 11) is 0. The average Bonchev–Trinajstić information content (AvgIpc) is 2.63. The number of carbonyl (C=O) groups is 1. The largest absolute Gasteiger partial charge is 0.462 e. The molecule has 1 N–H and O–H groups in total. The first kappa shape index (κ1) is 17.4. The van der Waals surface area contributed by atoms with Crippen molar-refractivity contribution in [1.82, 2.24) is 4.98 Å². The topological polar surface area (TPSA) is 51.2 Å². The molecule has 0 saturated carbocycles. The van der Waals surface area contributed by atoms with Crippen LogP contribution in [0.25, 0.3) is 10.9 Å². The summed E-state index contributed by atoms with van der Waals surface area (Å²) in [4.78, 5) is 16.7. The number of esters is 1. The lowest BCUT2D eigenvalue weighted by Gasteiger charge is -2.14. The van der Waals surface area contributed by atoms with E-state index in [4.69, 9.17) is 4.74 Å². The molecule has 25 heavy (non-hydrogen) atoms. The third kappa shape index (κ3) is 4.17. The monoisotopic (exact) mass is 398 g/mol. The van der Waals surface area contributed by atoms with Crippen molar-refractivity contribution in [3.05, 3.63) is 70.3 Å². The van der Waals surface area contributed by atoms with E-state index in [1.165, 1.54) is 5.56 Å². The Balaban J connectivity index is 1.92. The molecule has 4 nitrogen and oxygen atoms in total. The van der Waals surface area contributed by atoms with Gasteiger partial charge in [-0.2, -0.15) is 0 Å². The molecule has 0 aliphatic rings. The fourth-order valence-electron chi connectivity index (χ4n) is 2.70. The lowest BCUT2D eigenvalue weighted by Crippen LogP contribution is -2.13. The normalized spacial score (nSPS) is 10.6. The predicted molar refractivity (Wildman–Crippen MR) is 104 cm³/mol. The van der Waals surface area contributed by atoms with Gasteiger partial charge >= 0.3 is 5.97 Å². The molecule has 0 spiro atoms. The number of anilines is 1. The molecule has 0 bridgehead atoms. The molecule has 5 heteroatoms. The second-order valence-electron chi connectivity index (χ2n) is 5.59. The molecule has 3 aromatic rings. The van der Waals surface area contributed by atoms with Gasteiger partial charge in [0.15, 0.2) is 0 Å². The zero-order valence-electron chi connectivity index (χ0n) is 14.0. The fraction of sp³-hybridized carbons (Fsp3) is 0.200. The summed E-state index contributed by atoms with van der Waals surface area (Å²) in [5, 5.41) is 4.31. The molecule has 2 aromatic carbocycles. The Morgan fingerprint density at radius 3 is 2.76 bits per heavy atom. The molecule has 0 amide bonds. The molecule has 128 valence electrons. The minimum atomic E-state index is -0.362. The summed E-state index contributed by atoms with van der Waals surface area (Å²) < 4.78 is 6.12. The zero-order chi connectivity index (χ0) is 17.6. The SMILES string of the molecule is CCOC(=O)c1cnc2ccc(Br)cc2c1NCCc1ccccc1. The van der Waals surface area contributed by atoms with E-state index in [-0.39, 0.29) is 5.97 Å². The molecule has 0 aliphatic heterocycles. The maximum atomic E-state index is 12.3. The molecule has 0 saturated heterocycles. The Morgan fingerprint density at radius 1 is 1.20 bits per heavy atom. The molecular formula is C20H19BrN2O2. The number of hydrogen-bond donors (Lipinski definition) is 1. The van der Waals surface area contributed by atoms with E-state index < -0.39 is 0 Å². The zero-order valence-corrected chi connectivity index (χ0v) is 15.5. The number of halogens is 1. The van der Waals surface area contributed by atoms with Gasteiger partial charge in [0.05, 0.1) is 17.8 Å². The molecule has 0 atom stereocenters. The van der Waals surface area contributed by atoms with E-state index in [1.54, 1.807) is 13.1 Å². The number of nitrogens with zero attached hydrogens (tertiary/aromatic N) is 1. The highest BCUT2D eigenvalue weighted by molar-refractivity contribution is 9.10. The minimum Gasteiger partial charge on any atom is -0.462 e. The summed E-state index contributed by atoms with van der Waals surface area (Å²) in [5.41, 5.74) is 3.30. The van der Waals surface area contributed by atoms with Crippen LogP contribution >= 0.6 is 15.9 Å². The van der Waals surface area contributed by atoms with E-state index >= 15 is 0 Å². The summed E-state index contributed by atoms with van der Waals surface area (Å²) >= 11 is 3.49. The second-order valence-corrected chi connectivity index (χ2v) is 6.51. The van der Waals surface area contributed by atoms with E-state index in [2.05, 4.69) is 38.4 Å². The van der Waals surface area contributed by atoms with Crippen molar-refractivity contribution in [2.45, 2.75) is 13.3 Å². The van der Waals surface area contributed by atoms with Gasteiger partial charge in [-0.3, -0.25) is 4.98 Å². The molecule has 1 aromatic heterocycles. The maximum Gasteiger partial charge on any atom is 0.341 e. The second kappa shape index (κ2) is 8.12. The Morgan fingerprint density at radius 2 is 2.00 bits per heavy atom. The molecule has 0 unspecified atom stereocenters. The Bertz CT molecular complexity index is 882. The predicted octanol–water partition coefficient (Wildman–Crippen LogP) is 4.83. The fourth-order valence-corrected chi connectivity index (χ4v) is 3.06. The summed E-state index contributed by atoms with van der Waals surface area (Å²) in [5.74, 6) is -0.362. The molecule has 0 radical (unpaired) electrons. The van der Waals surface area contributed by atoms with Crippen LogP contribution in [0, 0.1) is 0 Å². The van der Waals surface area contributed by atoms with Crippen molar-refractivity contribution in [2.24, 2.45) is 0 Å². The van der Waals surface area contributed by atoms with Gasteiger partial charge in [-0.05, 0) is 37.1 Å². The van der Waals surface area contributed by atoms with Gasteiger partial charge in [0.1, 0.15) is 5.56 Å². The lowest BCUT2D eigenvalue weighted by molar-refractivity contribution is 0.0527. The van der Waals surface area contributed by atoms with Crippen molar-refractivity contribution < 1.29 is 9.53 Å². The first-order valence-electron chi connectivity index (χ1n) is 8.22. The van der Waals surface area contributed by atoms with Crippen molar-refractivity contribution in [3.8, 4) is 0 Å². The molecular weight excluding hydrogens is 380 g/mol. The van der Waals surface area contributed by atoms with Gasteiger partial charge in [0, 0.05) is 22.6 Å². The number of fused-ring (bicyclic) bond motifs is 1. The number of benzene rings is 2. The van der Waals surface area contributed by atoms with E-state index in [9.17, 15) is 4.79 Å². The number of aromatic nitrogens is 1. The standard InChI is InChI=1S/C20H19BrN2O2/c1-2-25-20(24)17-13-23-18-9-8-15(21)12-16(18)19(17)22-11-10-14-6-4-3-5-7-14/h3-9,12-13H,2,10-11H2,1H3,(H,22,23). The van der Waals surface area contributed by atoms with Crippen molar-refractivity contribution in [2.75, 3.05) is 18.5 Å². The smallest absolute Gasteiger partial charge is 0.341 e. The Hall–Kier alpha value is -2.40. The van der Waals surface area contributed by atoms with Gasteiger partial charge in [0.2, 0.25) is 0 Å². The van der Waals surface area contributed by atoms with Gasteiger partial charge in [-0.1, -0.05) is 46.3 Å². The van der Waals surface area contributed by atoms with Crippen LogP contribution in [0.3, 0.4) is 0 Å². The van der Waals surface area contributed by atoms with E-state index in [0.29, 0.717) is 18.7 Å². The van der Waals surface area contributed by atoms with Crippen molar-refractivity contribution >= 4 is 38.5 Å². The highest BCUT2D eigenvalue weighted by atomic mass is 79.9. The van der Waals surface area contributed by atoms with Gasteiger partial charge in [0.25, 0.3) is 0 Å². The summed E-state index contributed by atoms with van der Waals surface area (Å²) in [6, 6.07) is 16.1. The highest BCUT2D eigenvalue weighted by Crippen LogP contribution is 2.29. The van der Waals surface area contributed by atoms with E-state index in [1.807, 2.05) is 36.4 Å². The van der Waals surface area contributed by atoms with E-state index in [0.717, 1.165) is 27.5 Å². The van der Waals surface area contributed by atoms with Crippen molar-refractivity contribution in [3.63, 3.8) is 0 Å². The van der Waals surface area contributed by atoms with Crippen molar-refractivity contribution in [1.29, 1.82) is 0 Å². The first-order chi connectivity index (χ1) is 12.2. The number of rotatable bonds is 6. The van der Waals surface area contributed by atoms with Crippen LogP contribution < -0.4 is 5.32 Å². The molecule has 1 heterocycles. The van der Waals surface area contributed by atoms with Crippen LogP contribution in [-0.4, -0.2) is 24.1 Å². The lowest BCUT2D eigenvalue weighted by atomic mass is 10.1. The van der Waals surface area contributed by atoms with Gasteiger partial charge in [-0.15, -0.1) is 0 Å². The Kier molecular flexibility index (Phi) is 5.66. The quantitative estimate of drug-likeness (QED) is 0.604. The number of carbonyl (C=O) groups excluding carboxylic acids is 1. The van der Waals surface area contributed by atoms with Crippen LogP contribution in [0.5, 0.6) is 0 Å². The number of ether oxygens (including phenoxy) is 1. The van der Waals surface area contributed by atoms with Crippen LogP contribution in [0.2, 0.25) is 0 Å². The third-order valence-corrected chi connectivity index (χ3v) is 4.38. The number of nitrogens with one attached hydrogen (secondary N) is 1. The van der Waals surface area contributed by atoms with Gasteiger partial charge < -0.3 is 10.1 Å². The Labute approximate surface area is 155 Å². The van der Waals surface area contributed by atoms with Crippen LogP contribution in [0.4, 0.5) is 5.69 Å². The third-order valence-electron chi connectivity index (χ3n) is 3.88. The molecule has 0 aliphatic carbocycles. The maximum absolute atomic E-state index is 12.3. The van der Waals surface area contributed by atoms with Gasteiger partial charge in [-0.25, -0.2) is 4.79 Å². The van der Waals surface area contributed by atoms with Crippen LogP contribution in [-0.2, 0) is 11.2 Å². The molecule has 3 rings (SSSR count). The molecule has 0 fully saturated rings. The van der Waals surface area contributed by atoms with Crippen LogP contribution in [0.15, 0.2) is 59.2 Å². The number of hydrogen-bond acceptors (Lipinski definition) is 4.